The third-order valence-corrected chi connectivity index (χ3v) is 5.65. The number of carbonyl (C=O) groups is 1. The van der Waals surface area contributed by atoms with E-state index in [1.807, 2.05) is 45.0 Å². The van der Waals surface area contributed by atoms with Crippen LogP contribution < -0.4 is 15.4 Å². The molecule has 4 aromatic rings. The minimum absolute atomic E-state index is 0.189. The summed E-state index contributed by atoms with van der Waals surface area (Å²) < 4.78 is 13.0. The van der Waals surface area contributed by atoms with Crippen LogP contribution >= 0.6 is 0 Å². The molecule has 0 unspecified atom stereocenters. The molecule has 0 bridgehead atoms. The number of benzene rings is 1. The van der Waals surface area contributed by atoms with Gasteiger partial charge in [0.25, 0.3) is 0 Å². The van der Waals surface area contributed by atoms with E-state index in [0.717, 1.165) is 41.5 Å². The largest absolute Gasteiger partial charge is 0.439 e. The smallest absolute Gasteiger partial charge is 0.331 e. The second kappa shape index (κ2) is 8.32. The molecule has 1 aliphatic heterocycles. The molecule has 0 spiro atoms. The van der Waals surface area contributed by atoms with Crippen LogP contribution in [0.4, 0.5) is 10.6 Å². The van der Waals surface area contributed by atoms with Crippen LogP contribution in [0.5, 0.6) is 11.6 Å². The van der Waals surface area contributed by atoms with Crippen molar-refractivity contribution in [2.75, 3.05) is 11.9 Å². The summed E-state index contributed by atoms with van der Waals surface area (Å²) in [6.45, 7) is 7.73. The average Bonchev–Trinajstić information content (AvgIpc) is 3.34. The van der Waals surface area contributed by atoms with Crippen LogP contribution in [0.15, 0.2) is 47.4 Å². The molecule has 0 fully saturated rings. The third kappa shape index (κ3) is 4.31. The Balaban J connectivity index is 1.36. The Morgan fingerprint density at radius 2 is 2.09 bits per heavy atom. The zero-order valence-corrected chi connectivity index (χ0v) is 18.9. The number of nitrogens with zero attached hydrogens (tertiary/aromatic N) is 4. The number of amides is 1. The number of fused-ring (bicyclic) bond motifs is 2. The number of rotatable bonds is 3. The molecule has 9 nitrogen and oxygen atoms in total. The number of nitrogens with one attached hydrogen (secondary N) is 2. The summed E-state index contributed by atoms with van der Waals surface area (Å²) in [5.74, 6) is 2.33. The van der Waals surface area contributed by atoms with Crippen molar-refractivity contribution in [1.29, 1.82) is 0 Å². The summed E-state index contributed by atoms with van der Waals surface area (Å²) in [5.41, 5.74) is 2.58. The van der Waals surface area contributed by atoms with E-state index < -0.39 is 0 Å². The van der Waals surface area contributed by atoms with Gasteiger partial charge in [-0.2, -0.15) is 0 Å². The zero-order chi connectivity index (χ0) is 23.0. The number of ether oxygens (including phenoxy) is 1. The highest BCUT2D eigenvalue weighted by Gasteiger charge is 2.21. The highest BCUT2D eigenvalue weighted by Crippen LogP contribution is 2.30. The van der Waals surface area contributed by atoms with Crippen LogP contribution in [-0.2, 0) is 18.4 Å². The molecule has 1 aromatic carbocycles. The van der Waals surface area contributed by atoms with Crippen molar-refractivity contribution >= 4 is 22.8 Å². The lowest BCUT2D eigenvalue weighted by atomic mass is 9.93. The lowest BCUT2D eigenvalue weighted by Crippen LogP contribution is -2.18. The van der Waals surface area contributed by atoms with Gasteiger partial charge in [0.1, 0.15) is 17.8 Å². The van der Waals surface area contributed by atoms with Crippen molar-refractivity contribution in [2.24, 2.45) is 0 Å². The van der Waals surface area contributed by atoms with Gasteiger partial charge in [0.05, 0.1) is 11.2 Å². The number of hydrogen-bond donors (Lipinski definition) is 2. The standard InChI is InChI=1S/C24H26N6O3/c1-24(2,3)20-12-21(29-33-20)28-23(31)30-10-8-15-11-16(6-7-19(15)30)32-22-17-5-4-9-25-13-18(17)26-14-27-22/h6-8,10-12,14,25H,4-5,9,13H2,1-3H3,(H,28,29,31). The van der Waals surface area contributed by atoms with Gasteiger partial charge < -0.3 is 14.6 Å². The fraction of sp³-hybridized carbons (Fsp3) is 0.333. The molecule has 0 saturated carbocycles. The van der Waals surface area contributed by atoms with E-state index in [1.165, 1.54) is 10.9 Å². The highest BCUT2D eigenvalue weighted by molar-refractivity contribution is 5.98. The molecule has 0 aliphatic carbocycles. The first-order valence-electron chi connectivity index (χ1n) is 11.0. The maximum absolute atomic E-state index is 12.8. The van der Waals surface area contributed by atoms with Crippen LogP contribution in [0, 0.1) is 0 Å². The number of carbonyl (C=O) groups excluding carboxylic acids is 1. The van der Waals surface area contributed by atoms with Gasteiger partial charge in [0.15, 0.2) is 5.82 Å². The molecule has 3 aromatic heterocycles. The average molecular weight is 447 g/mol. The Hall–Kier alpha value is -3.72. The van der Waals surface area contributed by atoms with Crippen molar-refractivity contribution in [3.63, 3.8) is 0 Å². The summed E-state index contributed by atoms with van der Waals surface area (Å²) in [4.78, 5) is 21.6. The number of hydrogen-bond acceptors (Lipinski definition) is 7. The maximum Gasteiger partial charge on any atom is 0.331 e. The molecule has 9 heteroatoms. The Labute approximate surface area is 191 Å². The fourth-order valence-corrected chi connectivity index (χ4v) is 3.85. The maximum atomic E-state index is 12.8. The summed E-state index contributed by atoms with van der Waals surface area (Å²) in [7, 11) is 0. The van der Waals surface area contributed by atoms with Crippen LogP contribution in [0.3, 0.4) is 0 Å². The Morgan fingerprint density at radius 3 is 2.91 bits per heavy atom. The normalized spacial score (nSPS) is 14.0. The van der Waals surface area contributed by atoms with Crippen molar-refractivity contribution in [2.45, 2.75) is 45.6 Å². The minimum Gasteiger partial charge on any atom is -0.439 e. The zero-order valence-electron chi connectivity index (χ0n) is 18.9. The first kappa shape index (κ1) is 21.1. The van der Waals surface area contributed by atoms with Gasteiger partial charge >= 0.3 is 6.03 Å². The molecule has 33 heavy (non-hydrogen) atoms. The molecular formula is C24H26N6O3. The predicted octanol–water partition coefficient (Wildman–Crippen LogP) is 4.63. The van der Waals surface area contributed by atoms with Crippen molar-refractivity contribution < 1.29 is 14.1 Å². The van der Waals surface area contributed by atoms with Crippen LogP contribution in [0.1, 0.15) is 44.2 Å². The second-order valence-electron chi connectivity index (χ2n) is 9.15. The van der Waals surface area contributed by atoms with Gasteiger partial charge in [-0.3, -0.25) is 9.88 Å². The third-order valence-electron chi connectivity index (χ3n) is 5.65. The van der Waals surface area contributed by atoms with Crippen molar-refractivity contribution in [3.8, 4) is 11.6 Å². The van der Waals surface area contributed by atoms with E-state index in [0.29, 0.717) is 29.8 Å². The van der Waals surface area contributed by atoms with Gasteiger partial charge in [-0.15, -0.1) is 0 Å². The summed E-state index contributed by atoms with van der Waals surface area (Å²) in [5, 5.41) is 11.0. The van der Waals surface area contributed by atoms with E-state index in [1.54, 1.807) is 12.3 Å². The molecule has 4 heterocycles. The second-order valence-corrected chi connectivity index (χ2v) is 9.15. The molecule has 170 valence electrons. The van der Waals surface area contributed by atoms with E-state index in [2.05, 4.69) is 25.8 Å². The molecule has 1 amide bonds. The molecule has 0 radical (unpaired) electrons. The van der Waals surface area contributed by atoms with Gasteiger partial charge in [0, 0.05) is 35.2 Å². The predicted molar refractivity (Wildman–Crippen MR) is 124 cm³/mol. The highest BCUT2D eigenvalue weighted by atomic mass is 16.5. The first-order chi connectivity index (χ1) is 15.9. The van der Waals surface area contributed by atoms with E-state index in [4.69, 9.17) is 9.26 Å². The Morgan fingerprint density at radius 1 is 1.21 bits per heavy atom. The van der Waals surface area contributed by atoms with Gasteiger partial charge in [0.2, 0.25) is 5.88 Å². The van der Waals surface area contributed by atoms with E-state index >= 15 is 0 Å². The number of aromatic nitrogens is 4. The lowest BCUT2D eigenvalue weighted by molar-refractivity contribution is 0.254. The minimum atomic E-state index is -0.318. The van der Waals surface area contributed by atoms with Crippen LogP contribution in [-0.4, -0.2) is 32.3 Å². The lowest BCUT2D eigenvalue weighted by Gasteiger charge is -2.12. The van der Waals surface area contributed by atoms with E-state index in [-0.39, 0.29) is 11.4 Å². The summed E-state index contributed by atoms with van der Waals surface area (Å²) >= 11 is 0. The quantitative estimate of drug-likeness (QED) is 0.473. The molecule has 2 N–H and O–H groups in total. The van der Waals surface area contributed by atoms with Crippen LogP contribution in [0.25, 0.3) is 10.9 Å². The Kier molecular flexibility index (Phi) is 5.33. The van der Waals surface area contributed by atoms with Gasteiger partial charge in [-0.05, 0) is 43.7 Å². The molecule has 1 aliphatic rings. The first-order valence-corrected chi connectivity index (χ1v) is 11.0. The summed E-state index contributed by atoms with van der Waals surface area (Å²) in [6, 6.07) is 8.89. The molecule has 0 saturated heterocycles. The number of anilines is 1. The van der Waals surface area contributed by atoms with E-state index in [9.17, 15) is 4.79 Å². The van der Waals surface area contributed by atoms with Gasteiger partial charge in [-0.25, -0.2) is 14.8 Å². The SMILES string of the molecule is CC(C)(C)c1cc(NC(=O)n2ccc3cc(Oc4ncnc5c4CCCNC5)ccc32)no1. The van der Waals surface area contributed by atoms with Crippen LogP contribution in [0.2, 0.25) is 0 Å². The summed E-state index contributed by atoms with van der Waals surface area (Å²) in [6.07, 6.45) is 5.14. The van der Waals surface area contributed by atoms with Gasteiger partial charge in [-0.1, -0.05) is 25.9 Å². The monoisotopic (exact) mass is 446 g/mol. The topological polar surface area (TPSA) is 107 Å². The fourth-order valence-electron chi connectivity index (χ4n) is 3.85. The molecular weight excluding hydrogens is 420 g/mol. The van der Waals surface area contributed by atoms with Crippen molar-refractivity contribution in [1.82, 2.24) is 25.0 Å². The molecule has 5 rings (SSSR count). The van der Waals surface area contributed by atoms with Crippen molar-refractivity contribution in [3.05, 3.63) is 59.9 Å². The molecule has 0 atom stereocenters. The Bertz CT molecular complexity index is 1320.